The summed E-state index contributed by atoms with van der Waals surface area (Å²) in [5, 5.41) is 10.1. The fourth-order valence-corrected chi connectivity index (χ4v) is 2.61. The maximum atomic E-state index is 12.8. The van der Waals surface area contributed by atoms with E-state index >= 15 is 0 Å². The molecule has 1 aromatic carbocycles. The number of aliphatic hydroxyl groups excluding tert-OH is 1. The number of benzene rings is 1. The van der Waals surface area contributed by atoms with Crippen LogP contribution in [0.2, 0.25) is 0 Å². The summed E-state index contributed by atoms with van der Waals surface area (Å²) in [6.45, 7) is 1.22. The van der Waals surface area contributed by atoms with Crippen LogP contribution in [0.4, 0.5) is 9.18 Å². The zero-order chi connectivity index (χ0) is 19.6. The summed E-state index contributed by atoms with van der Waals surface area (Å²) in [6, 6.07) is 4.78. The van der Waals surface area contributed by atoms with E-state index in [9.17, 15) is 23.9 Å². The molecule has 0 spiro atoms. The topological polar surface area (TPSA) is 120 Å². The monoisotopic (exact) mass is 380 g/mol. The number of carbonyl (C=O) groups is 1. The van der Waals surface area contributed by atoms with Crippen molar-refractivity contribution in [1.29, 1.82) is 0 Å². The van der Waals surface area contributed by atoms with Crippen molar-refractivity contribution in [3.8, 4) is 5.75 Å². The smallest absolute Gasteiger partial charge is 0.431 e. The highest BCUT2D eigenvalue weighted by molar-refractivity contribution is 5.63. The SMILES string of the molecule is Cc1cn([C@H]2C[C@H](O)[C@@H](COC(=O)Oc3ccc(F)cc3)O2)c(=O)[nH]c1=O. The molecule has 0 aliphatic carbocycles. The van der Waals surface area contributed by atoms with Crippen LogP contribution in [0.15, 0.2) is 40.1 Å². The first-order chi connectivity index (χ1) is 12.8. The van der Waals surface area contributed by atoms with E-state index in [1.807, 2.05) is 0 Å². The highest BCUT2D eigenvalue weighted by Crippen LogP contribution is 2.28. The molecule has 0 bridgehead atoms. The van der Waals surface area contributed by atoms with Gasteiger partial charge in [-0.15, -0.1) is 0 Å². The van der Waals surface area contributed by atoms with Crippen LogP contribution in [0.3, 0.4) is 0 Å². The average Bonchev–Trinajstić information content (AvgIpc) is 2.99. The Hall–Kier alpha value is -2.98. The first kappa shape index (κ1) is 18.8. The third-order valence-corrected chi connectivity index (χ3v) is 4.04. The molecule has 2 heterocycles. The normalized spacial score (nSPS) is 21.8. The van der Waals surface area contributed by atoms with E-state index in [0.717, 1.165) is 16.7 Å². The lowest BCUT2D eigenvalue weighted by Gasteiger charge is -2.16. The number of H-pyrrole nitrogens is 1. The molecule has 0 saturated carbocycles. The van der Waals surface area contributed by atoms with E-state index in [1.54, 1.807) is 0 Å². The number of halogens is 1. The fourth-order valence-electron chi connectivity index (χ4n) is 2.61. The number of ether oxygens (including phenoxy) is 3. The highest BCUT2D eigenvalue weighted by Gasteiger charge is 2.36. The van der Waals surface area contributed by atoms with Gasteiger partial charge in [-0.1, -0.05) is 0 Å². The Morgan fingerprint density at radius 2 is 2.07 bits per heavy atom. The molecule has 2 N–H and O–H groups in total. The average molecular weight is 380 g/mol. The van der Waals surface area contributed by atoms with E-state index in [0.29, 0.717) is 5.56 Å². The molecule has 27 heavy (non-hydrogen) atoms. The number of carbonyl (C=O) groups excluding carboxylic acids is 1. The molecule has 3 atom stereocenters. The minimum atomic E-state index is -1.04. The zero-order valence-corrected chi connectivity index (χ0v) is 14.3. The van der Waals surface area contributed by atoms with Crippen molar-refractivity contribution >= 4 is 6.16 Å². The van der Waals surface area contributed by atoms with Crippen molar-refractivity contribution in [3.63, 3.8) is 0 Å². The van der Waals surface area contributed by atoms with Gasteiger partial charge in [-0.2, -0.15) is 0 Å². The number of hydrogen-bond acceptors (Lipinski definition) is 7. The van der Waals surface area contributed by atoms with Gasteiger partial charge in [0.05, 0.1) is 6.10 Å². The van der Waals surface area contributed by atoms with Gasteiger partial charge in [0.2, 0.25) is 0 Å². The second kappa shape index (κ2) is 7.72. The zero-order valence-electron chi connectivity index (χ0n) is 14.3. The predicted molar refractivity (Wildman–Crippen MR) is 89.0 cm³/mol. The number of aromatic amines is 1. The van der Waals surface area contributed by atoms with Gasteiger partial charge in [0, 0.05) is 18.2 Å². The summed E-state index contributed by atoms with van der Waals surface area (Å²) in [5.74, 6) is -0.376. The first-order valence-electron chi connectivity index (χ1n) is 8.09. The Bertz CT molecular complexity index is 938. The number of aryl methyl sites for hydroxylation is 1. The molecule has 1 aromatic heterocycles. The molecule has 1 aliphatic heterocycles. The van der Waals surface area contributed by atoms with Crippen molar-refractivity contribution in [2.75, 3.05) is 6.61 Å². The maximum absolute atomic E-state index is 12.8. The molecule has 1 saturated heterocycles. The number of aliphatic hydroxyl groups is 1. The van der Waals surface area contributed by atoms with Crippen molar-refractivity contribution in [2.24, 2.45) is 0 Å². The van der Waals surface area contributed by atoms with Crippen LogP contribution in [0, 0.1) is 12.7 Å². The lowest BCUT2D eigenvalue weighted by Crippen LogP contribution is -2.33. The molecular formula is C17H17FN2O7. The molecule has 1 fully saturated rings. The van der Waals surface area contributed by atoms with Crippen molar-refractivity contribution in [2.45, 2.75) is 31.8 Å². The van der Waals surface area contributed by atoms with Crippen LogP contribution in [0.1, 0.15) is 18.2 Å². The minimum absolute atomic E-state index is 0.0758. The van der Waals surface area contributed by atoms with Crippen molar-refractivity contribution < 1.29 is 28.5 Å². The first-order valence-corrected chi connectivity index (χ1v) is 8.09. The summed E-state index contributed by atoms with van der Waals surface area (Å²) in [7, 11) is 0. The number of nitrogens with one attached hydrogen (secondary N) is 1. The molecule has 0 amide bonds. The summed E-state index contributed by atoms with van der Waals surface area (Å²) in [6.07, 6.45) is -2.32. The molecule has 0 unspecified atom stereocenters. The second-order valence-electron chi connectivity index (χ2n) is 6.03. The fraction of sp³-hybridized carbons (Fsp3) is 0.353. The van der Waals surface area contributed by atoms with Crippen LogP contribution in [0.5, 0.6) is 5.75 Å². The number of hydrogen-bond donors (Lipinski definition) is 2. The van der Waals surface area contributed by atoms with Crippen LogP contribution in [0.25, 0.3) is 0 Å². The summed E-state index contributed by atoms with van der Waals surface area (Å²) in [5.41, 5.74) is -0.853. The van der Waals surface area contributed by atoms with E-state index in [2.05, 4.69) is 4.98 Å². The molecular weight excluding hydrogens is 363 g/mol. The molecule has 9 nitrogen and oxygen atoms in total. The van der Waals surface area contributed by atoms with E-state index < -0.39 is 41.7 Å². The molecule has 2 aromatic rings. The van der Waals surface area contributed by atoms with Crippen LogP contribution in [-0.4, -0.2) is 39.6 Å². The van der Waals surface area contributed by atoms with Gasteiger partial charge in [-0.25, -0.2) is 14.0 Å². The van der Waals surface area contributed by atoms with Crippen molar-refractivity contribution in [3.05, 3.63) is 62.7 Å². The molecule has 3 rings (SSSR count). The Morgan fingerprint density at radius 3 is 2.78 bits per heavy atom. The molecule has 1 aliphatic rings. The lowest BCUT2D eigenvalue weighted by atomic mass is 10.2. The Morgan fingerprint density at radius 1 is 1.37 bits per heavy atom. The maximum Gasteiger partial charge on any atom is 0.513 e. The van der Waals surface area contributed by atoms with Gasteiger partial charge in [-0.05, 0) is 31.2 Å². The number of rotatable bonds is 4. The van der Waals surface area contributed by atoms with Crippen LogP contribution in [-0.2, 0) is 9.47 Å². The van der Waals surface area contributed by atoms with Gasteiger partial charge in [-0.3, -0.25) is 14.3 Å². The van der Waals surface area contributed by atoms with Gasteiger partial charge >= 0.3 is 11.8 Å². The molecule has 0 radical (unpaired) electrons. The second-order valence-corrected chi connectivity index (χ2v) is 6.03. The van der Waals surface area contributed by atoms with Crippen LogP contribution < -0.4 is 16.0 Å². The number of aromatic nitrogens is 2. The summed E-state index contributed by atoms with van der Waals surface area (Å²) < 4.78 is 29.3. The van der Waals surface area contributed by atoms with Gasteiger partial charge in [0.25, 0.3) is 5.56 Å². The van der Waals surface area contributed by atoms with Gasteiger partial charge in [0.15, 0.2) is 0 Å². The largest absolute Gasteiger partial charge is 0.513 e. The van der Waals surface area contributed by atoms with Crippen LogP contribution >= 0.6 is 0 Å². The third kappa shape index (κ3) is 4.41. The number of nitrogens with zero attached hydrogens (tertiary/aromatic N) is 1. The Labute approximate surface area is 151 Å². The molecule has 144 valence electrons. The van der Waals surface area contributed by atoms with Gasteiger partial charge in [0.1, 0.15) is 30.5 Å². The van der Waals surface area contributed by atoms with Crippen molar-refractivity contribution in [1.82, 2.24) is 9.55 Å². The highest BCUT2D eigenvalue weighted by atomic mass is 19.1. The van der Waals surface area contributed by atoms with E-state index in [-0.39, 0.29) is 18.8 Å². The Balaban J connectivity index is 1.58. The summed E-state index contributed by atoms with van der Waals surface area (Å²) >= 11 is 0. The minimum Gasteiger partial charge on any atom is -0.431 e. The standard InChI is InChI=1S/C17H17FN2O7/c1-9-7-20(16(23)19-15(9)22)14-6-12(21)13(27-14)8-25-17(24)26-11-4-2-10(18)3-5-11/h2-5,7,12-14,21H,6,8H2,1H3,(H,19,22,23)/t12-,13+,14+/m0/s1. The van der Waals surface area contributed by atoms with E-state index in [1.165, 1.54) is 25.3 Å². The lowest BCUT2D eigenvalue weighted by molar-refractivity contribution is -0.0537. The molecule has 10 heteroatoms. The Kier molecular flexibility index (Phi) is 5.38. The predicted octanol–water partition coefficient (Wildman–Crippen LogP) is 0.848. The van der Waals surface area contributed by atoms with Gasteiger partial charge < -0.3 is 19.3 Å². The summed E-state index contributed by atoms with van der Waals surface area (Å²) in [4.78, 5) is 37.2. The quantitative estimate of drug-likeness (QED) is 0.596. The van der Waals surface area contributed by atoms with E-state index in [4.69, 9.17) is 14.2 Å². The third-order valence-electron chi connectivity index (χ3n) is 4.04.